The molecule has 114 valence electrons. The molecule has 0 aromatic heterocycles. The van der Waals surface area contributed by atoms with Crippen LogP contribution in [0.15, 0.2) is 18.2 Å². The number of hydrogen-bond donors (Lipinski definition) is 1. The van der Waals surface area contributed by atoms with Crippen LogP contribution in [0.5, 0.6) is 0 Å². The molecular formula is C14H19ClN4O2. The van der Waals surface area contributed by atoms with Crippen molar-refractivity contribution in [2.45, 2.75) is 12.5 Å². The summed E-state index contributed by atoms with van der Waals surface area (Å²) in [7, 11) is 0. The molecule has 1 unspecified atom stereocenters. The maximum absolute atomic E-state index is 11.2. The van der Waals surface area contributed by atoms with E-state index >= 15 is 0 Å². The first-order valence-electron chi connectivity index (χ1n) is 7.29. The third kappa shape index (κ3) is 3.12. The van der Waals surface area contributed by atoms with E-state index in [2.05, 4.69) is 15.1 Å². The lowest BCUT2D eigenvalue weighted by molar-refractivity contribution is -0.384. The molecule has 1 N–H and O–H groups in total. The number of nitrogens with zero attached hydrogens (tertiary/aromatic N) is 3. The fourth-order valence-electron chi connectivity index (χ4n) is 3.19. The van der Waals surface area contributed by atoms with Crippen LogP contribution in [0.3, 0.4) is 0 Å². The molecule has 0 saturated carbocycles. The van der Waals surface area contributed by atoms with Crippen molar-refractivity contribution >= 4 is 23.0 Å². The number of anilines is 1. The zero-order valence-corrected chi connectivity index (χ0v) is 12.6. The lowest BCUT2D eigenvalue weighted by Crippen LogP contribution is -2.51. The van der Waals surface area contributed by atoms with E-state index in [4.69, 9.17) is 11.6 Å². The second-order valence-corrected chi connectivity index (χ2v) is 6.00. The van der Waals surface area contributed by atoms with Gasteiger partial charge in [-0.3, -0.25) is 15.0 Å². The van der Waals surface area contributed by atoms with E-state index in [1.165, 1.54) is 12.5 Å². The summed E-state index contributed by atoms with van der Waals surface area (Å²) in [5.41, 5.74) is 0.770. The number of nitro benzene ring substituents is 1. The molecule has 7 heteroatoms. The highest BCUT2D eigenvalue weighted by Crippen LogP contribution is 2.31. The van der Waals surface area contributed by atoms with Crippen LogP contribution in [0, 0.1) is 10.1 Å². The van der Waals surface area contributed by atoms with Crippen LogP contribution in [0.2, 0.25) is 5.02 Å². The Morgan fingerprint density at radius 2 is 2.05 bits per heavy atom. The average molecular weight is 311 g/mol. The number of halogens is 1. The zero-order chi connectivity index (χ0) is 14.8. The second-order valence-electron chi connectivity index (χ2n) is 5.56. The maximum Gasteiger partial charge on any atom is 0.294 e. The predicted octanol–water partition coefficient (Wildman–Crippen LogP) is 1.73. The van der Waals surface area contributed by atoms with Gasteiger partial charge in [-0.2, -0.15) is 0 Å². The minimum Gasteiger partial charge on any atom is -0.363 e. The molecule has 2 fully saturated rings. The SMILES string of the molecule is O=[N+]([O-])c1cc(Cl)ccc1N1CCN(C2CCNC2)CC1. The number of hydrogen-bond acceptors (Lipinski definition) is 5. The third-order valence-electron chi connectivity index (χ3n) is 4.34. The molecule has 0 spiro atoms. The van der Waals surface area contributed by atoms with Crippen molar-refractivity contribution in [2.75, 3.05) is 44.2 Å². The topological polar surface area (TPSA) is 61.7 Å². The Morgan fingerprint density at radius 3 is 2.67 bits per heavy atom. The molecule has 3 rings (SSSR count). The summed E-state index contributed by atoms with van der Waals surface area (Å²) in [5.74, 6) is 0. The van der Waals surface area contributed by atoms with E-state index in [1.807, 2.05) is 0 Å². The Morgan fingerprint density at radius 1 is 1.29 bits per heavy atom. The number of rotatable bonds is 3. The third-order valence-corrected chi connectivity index (χ3v) is 4.57. The highest BCUT2D eigenvalue weighted by atomic mass is 35.5. The molecule has 2 saturated heterocycles. The second kappa shape index (κ2) is 6.17. The van der Waals surface area contributed by atoms with Gasteiger partial charge in [0, 0.05) is 49.9 Å². The lowest BCUT2D eigenvalue weighted by Gasteiger charge is -2.38. The van der Waals surface area contributed by atoms with Crippen molar-refractivity contribution in [1.29, 1.82) is 0 Å². The largest absolute Gasteiger partial charge is 0.363 e. The van der Waals surface area contributed by atoms with Crippen LogP contribution < -0.4 is 10.2 Å². The molecule has 1 atom stereocenters. The number of nitrogens with one attached hydrogen (secondary N) is 1. The van der Waals surface area contributed by atoms with Gasteiger partial charge in [-0.25, -0.2) is 0 Å². The molecule has 1 aromatic rings. The number of piperazine rings is 1. The molecule has 6 nitrogen and oxygen atoms in total. The standard InChI is InChI=1S/C14H19ClN4O2/c15-11-1-2-13(14(9-11)19(20)21)18-7-5-17(6-8-18)12-3-4-16-10-12/h1-2,9,12,16H,3-8,10H2. The van der Waals surface area contributed by atoms with Gasteiger partial charge < -0.3 is 10.2 Å². The van der Waals surface area contributed by atoms with Crippen molar-refractivity contribution in [3.8, 4) is 0 Å². The van der Waals surface area contributed by atoms with Gasteiger partial charge in [0.2, 0.25) is 0 Å². The highest BCUT2D eigenvalue weighted by molar-refractivity contribution is 6.30. The quantitative estimate of drug-likeness (QED) is 0.680. The first kappa shape index (κ1) is 14.6. The number of benzene rings is 1. The maximum atomic E-state index is 11.2. The summed E-state index contributed by atoms with van der Waals surface area (Å²) in [6.45, 7) is 5.69. The smallest absolute Gasteiger partial charge is 0.294 e. The number of nitro groups is 1. The average Bonchev–Trinajstić information content (AvgIpc) is 3.01. The van der Waals surface area contributed by atoms with Crippen LogP contribution in [0.4, 0.5) is 11.4 Å². The van der Waals surface area contributed by atoms with Gasteiger partial charge in [-0.1, -0.05) is 11.6 Å². The summed E-state index contributed by atoms with van der Waals surface area (Å²) in [4.78, 5) is 15.4. The summed E-state index contributed by atoms with van der Waals surface area (Å²) >= 11 is 5.87. The zero-order valence-electron chi connectivity index (χ0n) is 11.8. The Hall–Kier alpha value is -1.37. The van der Waals surface area contributed by atoms with E-state index in [1.54, 1.807) is 12.1 Å². The van der Waals surface area contributed by atoms with Gasteiger partial charge in [0.1, 0.15) is 5.69 Å². The molecule has 0 radical (unpaired) electrons. The highest BCUT2D eigenvalue weighted by Gasteiger charge is 2.28. The first-order valence-corrected chi connectivity index (χ1v) is 7.66. The predicted molar refractivity (Wildman–Crippen MR) is 83.2 cm³/mol. The van der Waals surface area contributed by atoms with E-state index in [0.29, 0.717) is 16.8 Å². The van der Waals surface area contributed by atoms with Gasteiger partial charge in [0.25, 0.3) is 5.69 Å². The van der Waals surface area contributed by atoms with Gasteiger partial charge in [-0.05, 0) is 25.1 Å². The van der Waals surface area contributed by atoms with Crippen LogP contribution >= 0.6 is 11.6 Å². The molecule has 0 amide bonds. The summed E-state index contributed by atoms with van der Waals surface area (Å²) in [5, 5.41) is 15.0. The summed E-state index contributed by atoms with van der Waals surface area (Å²) in [6, 6.07) is 5.53. The van der Waals surface area contributed by atoms with Crippen LogP contribution in [-0.4, -0.2) is 55.1 Å². The Bertz CT molecular complexity index is 526. The van der Waals surface area contributed by atoms with Gasteiger partial charge in [-0.15, -0.1) is 0 Å². The van der Waals surface area contributed by atoms with Crippen LogP contribution in [-0.2, 0) is 0 Å². The fourth-order valence-corrected chi connectivity index (χ4v) is 3.36. The molecule has 2 aliphatic heterocycles. The normalized spacial score (nSPS) is 23.5. The van der Waals surface area contributed by atoms with Crippen molar-refractivity contribution in [3.63, 3.8) is 0 Å². The molecule has 2 heterocycles. The molecule has 2 aliphatic rings. The lowest BCUT2D eigenvalue weighted by atomic mass is 10.1. The van der Waals surface area contributed by atoms with E-state index in [9.17, 15) is 10.1 Å². The van der Waals surface area contributed by atoms with Crippen LogP contribution in [0.25, 0.3) is 0 Å². The van der Waals surface area contributed by atoms with Gasteiger partial charge >= 0.3 is 0 Å². The van der Waals surface area contributed by atoms with E-state index < -0.39 is 0 Å². The fraction of sp³-hybridized carbons (Fsp3) is 0.571. The van der Waals surface area contributed by atoms with Crippen molar-refractivity contribution in [2.24, 2.45) is 0 Å². The molecule has 0 aliphatic carbocycles. The Balaban J connectivity index is 1.70. The Kier molecular flexibility index (Phi) is 4.28. The first-order chi connectivity index (χ1) is 10.1. The van der Waals surface area contributed by atoms with Gasteiger partial charge in [0.05, 0.1) is 4.92 Å². The minimum absolute atomic E-state index is 0.0958. The van der Waals surface area contributed by atoms with E-state index in [0.717, 1.165) is 39.3 Å². The van der Waals surface area contributed by atoms with Gasteiger partial charge in [0.15, 0.2) is 0 Å². The van der Waals surface area contributed by atoms with Crippen LogP contribution in [0.1, 0.15) is 6.42 Å². The van der Waals surface area contributed by atoms with E-state index in [-0.39, 0.29) is 10.6 Å². The Labute approximate surface area is 128 Å². The molecule has 1 aromatic carbocycles. The minimum atomic E-state index is -0.353. The molecular weight excluding hydrogens is 292 g/mol. The molecule has 21 heavy (non-hydrogen) atoms. The van der Waals surface area contributed by atoms with Crippen molar-refractivity contribution < 1.29 is 4.92 Å². The van der Waals surface area contributed by atoms with Crippen molar-refractivity contribution in [3.05, 3.63) is 33.3 Å². The monoisotopic (exact) mass is 310 g/mol. The van der Waals surface area contributed by atoms with Crippen molar-refractivity contribution in [1.82, 2.24) is 10.2 Å². The molecule has 0 bridgehead atoms. The summed E-state index contributed by atoms with van der Waals surface area (Å²) < 4.78 is 0. The summed E-state index contributed by atoms with van der Waals surface area (Å²) in [6.07, 6.45) is 1.20.